The summed E-state index contributed by atoms with van der Waals surface area (Å²) in [5.74, 6) is 2.28. The Morgan fingerprint density at radius 3 is 2.81 bits per heavy atom. The standard InChI is InChI=1S/C19H25N3O3S/c1-13(18-10-15-4-2-3-5-17(15)25-18)21-19(22-16-6-7-16)20-11-14-8-9-26(23,24)12-14/h2-5,10,13-14,16H,6-9,11-12H2,1H3,(H2,20,21,22). The van der Waals surface area contributed by atoms with Gasteiger partial charge >= 0.3 is 0 Å². The topological polar surface area (TPSA) is 83.7 Å². The third kappa shape index (κ3) is 4.20. The van der Waals surface area contributed by atoms with E-state index in [4.69, 9.17) is 4.42 Å². The zero-order chi connectivity index (χ0) is 18.1. The zero-order valence-electron chi connectivity index (χ0n) is 14.9. The summed E-state index contributed by atoms with van der Waals surface area (Å²) in [5.41, 5.74) is 0.876. The summed E-state index contributed by atoms with van der Waals surface area (Å²) in [5, 5.41) is 7.91. The fraction of sp³-hybridized carbons (Fsp3) is 0.526. The molecule has 0 amide bonds. The maximum atomic E-state index is 11.6. The lowest BCUT2D eigenvalue weighted by atomic mass is 10.1. The van der Waals surface area contributed by atoms with Crippen molar-refractivity contribution >= 4 is 26.8 Å². The van der Waals surface area contributed by atoms with Gasteiger partial charge in [0.1, 0.15) is 11.3 Å². The van der Waals surface area contributed by atoms with Crippen LogP contribution in [0.25, 0.3) is 11.0 Å². The van der Waals surface area contributed by atoms with Gasteiger partial charge in [0.25, 0.3) is 0 Å². The van der Waals surface area contributed by atoms with Crippen LogP contribution in [0.4, 0.5) is 0 Å². The fourth-order valence-corrected chi connectivity index (χ4v) is 5.13. The highest BCUT2D eigenvalue weighted by atomic mass is 32.2. The van der Waals surface area contributed by atoms with Crippen molar-refractivity contribution in [1.82, 2.24) is 10.6 Å². The van der Waals surface area contributed by atoms with E-state index in [2.05, 4.69) is 15.6 Å². The lowest BCUT2D eigenvalue weighted by molar-refractivity contribution is 0.487. The summed E-state index contributed by atoms with van der Waals surface area (Å²) in [7, 11) is -2.86. The lowest BCUT2D eigenvalue weighted by Gasteiger charge is -2.17. The first-order chi connectivity index (χ1) is 12.5. The van der Waals surface area contributed by atoms with E-state index in [-0.39, 0.29) is 17.7 Å². The molecule has 1 saturated carbocycles. The van der Waals surface area contributed by atoms with Crippen molar-refractivity contribution in [3.05, 3.63) is 36.1 Å². The van der Waals surface area contributed by atoms with E-state index in [9.17, 15) is 8.42 Å². The summed E-state index contributed by atoms with van der Waals surface area (Å²) in [6, 6.07) is 10.4. The summed E-state index contributed by atoms with van der Waals surface area (Å²) < 4.78 is 29.2. The number of sulfone groups is 1. The number of benzene rings is 1. The Hall–Kier alpha value is -2.02. The van der Waals surface area contributed by atoms with E-state index in [1.807, 2.05) is 37.3 Å². The highest BCUT2D eigenvalue weighted by molar-refractivity contribution is 7.91. The Bertz CT molecular complexity index is 882. The van der Waals surface area contributed by atoms with Gasteiger partial charge in [0.05, 0.1) is 17.5 Å². The number of rotatable bonds is 5. The van der Waals surface area contributed by atoms with Crippen LogP contribution in [0.1, 0.15) is 38.0 Å². The first-order valence-corrected chi connectivity index (χ1v) is 11.1. The molecular weight excluding hydrogens is 350 g/mol. The number of furan rings is 1. The third-order valence-corrected chi connectivity index (χ3v) is 6.81. The van der Waals surface area contributed by atoms with Crippen molar-refractivity contribution < 1.29 is 12.8 Å². The second-order valence-corrected chi connectivity index (χ2v) is 9.66. The van der Waals surface area contributed by atoms with Crippen LogP contribution in [-0.4, -0.2) is 38.5 Å². The van der Waals surface area contributed by atoms with Gasteiger partial charge in [-0.1, -0.05) is 18.2 Å². The quantitative estimate of drug-likeness (QED) is 0.620. The summed E-state index contributed by atoms with van der Waals surface area (Å²) in [6.07, 6.45) is 3.01. The van der Waals surface area contributed by atoms with E-state index >= 15 is 0 Å². The van der Waals surface area contributed by atoms with Gasteiger partial charge in [-0.05, 0) is 44.2 Å². The van der Waals surface area contributed by atoms with Crippen LogP contribution in [0.15, 0.2) is 39.7 Å². The molecule has 1 aromatic heterocycles. The molecule has 2 unspecified atom stereocenters. The molecule has 2 heterocycles. The number of aliphatic imine (C=N–C) groups is 1. The van der Waals surface area contributed by atoms with Crippen molar-refractivity contribution in [3.63, 3.8) is 0 Å². The van der Waals surface area contributed by atoms with Crippen molar-refractivity contribution in [2.24, 2.45) is 10.9 Å². The van der Waals surface area contributed by atoms with Gasteiger partial charge in [0.15, 0.2) is 15.8 Å². The molecule has 140 valence electrons. The fourth-order valence-electron chi connectivity index (χ4n) is 3.28. The number of fused-ring (bicyclic) bond motifs is 1. The van der Waals surface area contributed by atoms with E-state index in [0.29, 0.717) is 24.8 Å². The zero-order valence-corrected chi connectivity index (χ0v) is 15.8. The predicted octanol–water partition coefficient (Wildman–Crippen LogP) is 2.63. The summed E-state index contributed by atoms with van der Waals surface area (Å²) >= 11 is 0. The SMILES string of the molecule is CC(NC(=NCC1CCS(=O)(=O)C1)NC1CC1)c1cc2ccccc2o1. The van der Waals surface area contributed by atoms with Crippen LogP contribution < -0.4 is 10.6 Å². The third-order valence-electron chi connectivity index (χ3n) is 4.98. The van der Waals surface area contributed by atoms with Crippen LogP contribution in [-0.2, 0) is 9.84 Å². The Balaban J connectivity index is 1.44. The minimum atomic E-state index is -2.86. The van der Waals surface area contributed by atoms with E-state index in [1.54, 1.807) is 0 Å². The molecule has 2 fully saturated rings. The van der Waals surface area contributed by atoms with E-state index in [1.165, 1.54) is 0 Å². The van der Waals surface area contributed by atoms with Gasteiger partial charge in [0, 0.05) is 18.0 Å². The van der Waals surface area contributed by atoms with Gasteiger partial charge in [0.2, 0.25) is 0 Å². The molecule has 2 N–H and O–H groups in total. The molecule has 6 nitrogen and oxygen atoms in total. The Labute approximate surface area is 154 Å². The number of para-hydroxylation sites is 1. The molecule has 7 heteroatoms. The lowest BCUT2D eigenvalue weighted by Crippen LogP contribution is -2.40. The normalized spacial score (nSPS) is 23.9. The molecule has 1 aliphatic heterocycles. The molecule has 26 heavy (non-hydrogen) atoms. The van der Waals surface area contributed by atoms with E-state index < -0.39 is 9.84 Å². The van der Waals surface area contributed by atoms with Gasteiger partial charge in [-0.2, -0.15) is 0 Å². The second-order valence-electron chi connectivity index (χ2n) is 7.43. The molecule has 2 aliphatic rings. The van der Waals surface area contributed by atoms with E-state index in [0.717, 1.165) is 35.5 Å². The number of hydrogen-bond donors (Lipinski definition) is 2. The molecule has 2 aromatic rings. The maximum absolute atomic E-state index is 11.6. The minimum absolute atomic E-state index is 0.0280. The highest BCUT2D eigenvalue weighted by Gasteiger charge is 2.28. The van der Waals surface area contributed by atoms with Gasteiger partial charge < -0.3 is 15.1 Å². The van der Waals surface area contributed by atoms with Crippen molar-refractivity contribution in [2.45, 2.75) is 38.3 Å². The van der Waals surface area contributed by atoms with Crippen LogP contribution in [0, 0.1) is 5.92 Å². The monoisotopic (exact) mass is 375 g/mol. The largest absolute Gasteiger partial charge is 0.459 e. The molecule has 0 radical (unpaired) electrons. The van der Waals surface area contributed by atoms with Crippen LogP contribution >= 0.6 is 0 Å². The predicted molar refractivity (Wildman–Crippen MR) is 103 cm³/mol. The average Bonchev–Trinajstić information content (AvgIpc) is 3.19. The van der Waals surface area contributed by atoms with Crippen LogP contribution in [0.2, 0.25) is 0 Å². The number of hydrogen-bond acceptors (Lipinski definition) is 4. The average molecular weight is 375 g/mol. The summed E-state index contributed by atoms with van der Waals surface area (Å²) in [6.45, 7) is 2.58. The van der Waals surface area contributed by atoms with Crippen molar-refractivity contribution in [1.29, 1.82) is 0 Å². The molecule has 4 rings (SSSR count). The van der Waals surface area contributed by atoms with Crippen LogP contribution in [0.3, 0.4) is 0 Å². The molecule has 1 saturated heterocycles. The first-order valence-electron chi connectivity index (χ1n) is 9.25. The first kappa shape index (κ1) is 17.4. The molecule has 0 spiro atoms. The molecule has 1 aliphatic carbocycles. The number of guanidine groups is 1. The second kappa shape index (κ2) is 6.95. The van der Waals surface area contributed by atoms with Crippen molar-refractivity contribution in [2.75, 3.05) is 18.1 Å². The Morgan fingerprint density at radius 1 is 1.31 bits per heavy atom. The van der Waals surface area contributed by atoms with Crippen molar-refractivity contribution in [3.8, 4) is 0 Å². The number of nitrogens with zero attached hydrogens (tertiary/aromatic N) is 1. The molecule has 2 atom stereocenters. The van der Waals surface area contributed by atoms with Gasteiger partial charge in [-0.3, -0.25) is 4.99 Å². The maximum Gasteiger partial charge on any atom is 0.192 e. The Kier molecular flexibility index (Phi) is 4.65. The number of nitrogens with one attached hydrogen (secondary N) is 2. The van der Waals surface area contributed by atoms with Gasteiger partial charge in [-0.25, -0.2) is 8.42 Å². The summed E-state index contributed by atoms with van der Waals surface area (Å²) in [4.78, 5) is 4.66. The smallest absolute Gasteiger partial charge is 0.192 e. The molecule has 0 bridgehead atoms. The molecular formula is C19H25N3O3S. The highest BCUT2D eigenvalue weighted by Crippen LogP contribution is 2.24. The van der Waals surface area contributed by atoms with Gasteiger partial charge in [-0.15, -0.1) is 0 Å². The van der Waals surface area contributed by atoms with Crippen LogP contribution in [0.5, 0.6) is 0 Å². The minimum Gasteiger partial charge on any atom is -0.459 e. The molecule has 1 aromatic carbocycles. The Morgan fingerprint density at radius 2 is 2.12 bits per heavy atom.